The van der Waals surface area contributed by atoms with Crippen LogP contribution in [0.2, 0.25) is 0 Å². The molecule has 0 radical (unpaired) electrons. The van der Waals surface area contributed by atoms with Gasteiger partial charge in [0.1, 0.15) is 0 Å². The number of hydrogen-bond donors (Lipinski definition) is 3. The summed E-state index contributed by atoms with van der Waals surface area (Å²) in [5.41, 5.74) is 0.372. The molecule has 35 heavy (non-hydrogen) atoms. The zero-order chi connectivity index (χ0) is 26.0. The van der Waals surface area contributed by atoms with Gasteiger partial charge < -0.3 is 15.3 Å². The van der Waals surface area contributed by atoms with E-state index in [-0.39, 0.29) is 50.4 Å². The molecule has 4 heteroatoms. The van der Waals surface area contributed by atoms with Crippen LogP contribution in [0.15, 0.2) is 11.6 Å². The third kappa shape index (κ3) is 2.85. The molecule has 0 amide bonds. The zero-order valence-electron chi connectivity index (χ0n) is 23.5. The molecule has 0 heterocycles. The summed E-state index contributed by atoms with van der Waals surface area (Å²) in [5.74, 6) is -0.320. The van der Waals surface area contributed by atoms with E-state index in [4.69, 9.17) is 0 Å². The number of hydrogen-bond acceptors (Lipinski definition) is 3. The molecule has 5 rings (SSSR count). The Hall–Kier alpha value is -0.870. The molecule has 4 nitrogen and oxygen atoms in total. The summed E-state index contributed by atoms with van der Waals surface area (Å²) in [6.07, 6.45) is 9.87. The molecule has 198 valence electrons. The number of rotatable bonds is 1. The van der Waals surface area contributed by atoms with Crippen LogP contribution in [0.5, 0.6) is 0 Å². The van der Waals surface area contributed by atoms with Gasteiger partial charge in [-0.1, -0.05) is 60.1 Å². The lowest BCUT2D eigenvalue weighted by Crippen LogP contribution is -2.70. The van der Waals surface area contributed by atoms with Gasteiger partial charge in [0.25, 0.3) is 0 Å². The number of fused-ring (bicyclic) bond motifs is 7. The first-order valence-electron chi connectivity index (χ1n) is 14.2. The third-order valence-corrected chi connectivity index (χ3v) is 14.4. The van der Waals surface area contributed by atoms with Gasteiger partial charge in [-0.25, -0.2) is 0 Å². The molecule has 5 aliphatic carbocycles. The van der Waals surface area contributed by atoms with Crippen molar-refractivity contribution in [1.82, 2.24) is 0 Å². The van der Waals surface area contributed by atoms with Crippen LogP contribution >= 0.6 is 0 Å². The second-order valence-electron chi connectivity index (χ2n) is 15.6. The fourth-order valence-corrected chi connectivity index (χ4v) is 10.8. The van der Waals surface area contributed by atoms with E-state index in [1.165, 1.54) is 5.57 Å². The van der Waals surface area contributed by atoms with E-state index in [0.717, 1.165) is 51.4 Å². The van der Waals surface area contributed by atoms with Gasteiger partial charge in [0, 0.05) is 5.92 Å². The first-order valence-corrected chi connectivity index (χ1v) is 14.2. The molecule has 1 unspecified atom stereocenters. The van der Waals surface area contributed by atoms with Gasteiger partial charge in [0.15, 0.2) is 0 Å². The normalized spacial score (nSPS) is 57.1. The molecule has 4 saturated carbocycles. The van der Waals surface area contributed by atoms with Crippen molar-refractivity contribution in [1.29, 1.82) is 0 Å². The van der Waals surface area contributed by atoms with Gasteiger partial charge in [0.05, 0.1) is 17.6 Å². The quantitative estimate of drug-likeness (QED) is 0.365. The lowest BCUT2D eigenvalue weighted by atomic mass is 9.30. The highest BCUT2D eigenvalue weighted by molar-refractivity contribution is 5.74. The Labute approximate surface area is 213 Å². The van der Waals surface area contributed by atoms with Crippen LogP contribution in [-0.4, -0.2) is 33.5 Å². The summed E-state index contributed by atoms with van der Waals surface area (Å²) in [6, 6.07) is 0. The number of carboxylic acid groups (broad SMARTS) is 1. The van der Waals surface area contributed by atoms with Crippen LogP contribution < -0.4 is 0 Å². The molecule has 5 aliphatic rings. The SMILES string of the molecule is CC1(C)[C@@H](O)CC[C@]2(C)[C@H]3C(O)C=C4[C@@H]5C[C@](C)(C(=O)O)CC[C@]5(C)CC[C@@]4(C)[C@]3(C)CC[C@@]12C. The predicted molar refractivity (Wildman–Crippen MR) is 139 cm³/mol. The Balaban J connectivity index is 1.64. The summed E-state index contributed by atoms with van der Waals surface area (Å²) in [5, 5.41) is 33.2. The Morgan fingerprint density at radius 3 is 2.09 bits per heavy atom. The van der Waals surface area contributed by atoms with Crippen molar-refractivity contribution in [3.63, 3.8) is 0 Å². The van der Waals surface area contributed by atoms with E-state index in [0.29, 0.717) is 6.42 Å². The summed E-state index contributed by atoms with van der Waals surface area (Å²) < 4.78 is 0. The van der Waals surface area contributed by atoms with Crippen LogP contribution in [0.25, 0.3) is 0 Å². The van der Waals surface area contributed by atoms with Crippen molar-refractivity contribution >= 4 is 5.97 Å². The fourth-order valence-electron chi connectivity index (χ4n) is 10.8. The van der Waals surface area contributed by atoms with Gasteiger partial charge in [-0.2, -0.15) is 0 Å². The molecule has 0 spiro atoms. The maximum Gasteiger partial charge on any atom is 0.309 e. The fraction of sp³-hybridized carbons (Fsp3) is 0.903. The Morgan fingerprint density at radius 2 is 1.46 bits per heavy atom. The van der Waals surface area contributed by atoms with Crippen molar-refractivity contribution in [2.75, 3.05) is 0 Å². The van der Waals surface area contributed by atoms with Gasteiger partial charge in [-0.15, -0.1) is 0 Å². The molecule has 0 aromatic carbocycles. The Kier molecular flexibility index (Phi) is 5.27. The highest BCUT2D eigenvalue weighted by Gasteiger charge is 2.73. The monoisotopic (exact) mass is 486 g/mol. The van der Waals surface area contributed by atoms with E-state index in [1.807, 2.05) is 6.92 Å². The number of allylic oxidation sites excluding steroid dienone is 1. The second-order valence-corrected chi connectivity index (χ2v) is 15.6. The minimum atomic E-state index is -0.688. The molecule has 3 N–H and O–H groups in total. The topological polar surface area (TPSA) is 77.8 Å². The van der Waals surface area contributed by atoms with Crippen molar-refractivity contribution in [3.8, 4) is 0 Å². The van der Waals surface area contributed by atoms with E-state index in [1.54, 1.807) is 0 Å². The second kappa shape index (κ2) is 7.16. The van der Waals surface area contributed by atoms with Crippen molar-refractivity contribution in [2.45, 2.75) is 125 Å². The molecular weight excluding hydrogens is 436 g/mol. The van der Waals surface area contributed by atoms with E-state index in [9.17, 15) is 20.1 Å². The summed E-state index contributed by atoms with van der Waals surface area (Å²) in [7, 11) is 0. The van der Waals surface area contributed by atoms with E-state index in [2.05, 4.69) is 54.5 Å². The van der Waals surface area contributed by atoms with E-state index >= 15 is 0 Å². The van der Waals surface area contributed by atoms with Crippen LogP contribution in [0.4, 0.5) is 0 Å². The largest absolute Gasteiger partial charge is 0.481 e. The van der Waals surface area contributed by atoms with Crippen molar-refractivity contribution in [3.05, 3.63) is 11.6 Å². The molecule has 10 atom stereocenters. The number of aliphatic hydroxyl groups is 2. The van der Waals surface area contributed by atoms with Crippen molar-refractivity contribution < 1.29 is 20.1 Å². The lowest BCUT2D eigenvalue weighted by Gasteiger charge is -2.75. The maximum absolute atomic E-state index is 12.3. The average molecular weight is 487 g/mol. The van der Waals surface area contributed by atoms with Crippen LogP contribution in [0.1, 0.15) is 113 Å². The standard InChI is InChI=1S/C31H50O4/c1-25(2)22(33)9-10-30(7)23-21(32)17-19-20-18-27(4,24(34)35)12-11-26(20,3)13-14-28(19,5)29(23,6)15-16-31(25,30)8/h17,20-23,32-33H,9-16,18H2,1-8H3,(H,34,35)/t20-,21?,22-,23-,26+,27+,28+,29+,30+,31-/m0/s1. The van der Waals surface area contributed by atoms with Crippen LogP contribution in [-0.2, 0) is 4.79 Å². The maximum atomic E-state index is 12.3. The average Bonchev–Trinajstić information content (AvgIpc) is 2.76. The highest BCUT2D eigenvalue weighted by atomic mass is 16.4. The van der Waals surface area contributed by atoms with Gasteiger partial charge in [0.2, 0.25) is 0 Å². The molecule has 0 aromatic heterocycles. The number of carbonyl (C=O) groups is 1. The molecule has 0 saturated heterocycles. The minimum absolute atomic E-state index is 0.0393. The molecule has 0 aliphatic heterocycles. The lowest BCUT2D eigenvalue weighted by molar-refractivity contribution is -0.266. The van der Waals surface area contributed by atoms with Gasteiger partial charge in [-0.3, -0.25) is 4.79 Å². The van der Waals surface area contributed by atoms with Gasteiger partial charge in [-0.05, 0) is 103 Å². The molecule has 0 bridgehead atoms. The smallest absolute Gasteiger partial charge is 0.309 e. The summed E-state index contributed by atoms with van der Waals surface area (Å²) >= 11 is 0. The van der Waals surface area contributed by atoms with Crippen LogP contribution in [0.3, 0.4) is 0 Å². The zero-order valence-corrected chi connectivity index (χ0v) is 23.5. The molecule has 4 fully saturated rings. The Bertz CT molecular complexity index is 969. The summed E-state index contributed by atoms with van der Waals surface area (Å²) in [6.45, 7) is 18.5. The first-order chi connectivity index (χ1) is 15.9. The van der Waals surface area contributed by atoms with E-state index < -0.39 is 17.5 Å². The highest BCUT2D eigenvalue weighted by Crippen LogP contribution is 2.78. The molecular formula is C31H50O4. The molecule has 0 aromatic rings. The predicted octanol–water partition coefficient (Wildman–Crippen LogP) is 6.59. The number of aliphatic carboxylic acids is 1. The van der Waals surface area contributed by atoms with Gasteiger partial charge >= 0.3 is 5.97 Å². The first kappa shape index (κ1) is 25.8. The Morgan fingerprint density at radius 1 is 0.829 bits per heavy atom. The number of carboxylic acids is 1. The number of aliphatic hydroxyl groups excluding tert-OH is 2. The third-order valence-electron chi connectivity index (χ3n) is 14.4. The van der Waals surface area contributed by atoms with Crippen LogP contribution in [0, 0.1) is 49.7 Å². The summed E-state index contributed by atoms with van der Waals surface area (Å²) in [4.78, 5) is 12.3. The minimum Gasteiger partial charge on any atom is -0.481 e. The van der Waals surface area contributed by atoms with Crippen molar-refractivity contribution in [2.24, 2.45) is 49.7 Å².